The predicted octanol–water partition coefficient (Wildman–Crippen LogP) is 5.40. The molecule has 6 heteroatoms. The Morgan fingerprint density at radius 2 is 0.647 bits per heavy atom. The van der Waals surface area contributed by atoms with Crippen LogP contribution in [0.5, 0.6) is 0 Å². The van der Waals surface area contributed by atoms with Gasteiger partial charge in [-0.05, 0) is 116 Å². The van der Waals surface area contributed by atoms with Crippen molar-refractivity contribution in [2.24, 2.45) is 10.8 Å². The fourth-order valence-corrected chi connectivity index (χ4v) is 8.56. The lowest BCUT2D eigenvalue weighted by Crippen LogP contribution is -2.58. The first-order valence-corrected chi connectivity index (χ1v) is 13.8. The van der Waals surface area contributed by atoms with E-state index in [9.17, 15) is 9.59 Å². The normalized spacial score (nSPS) is 49.1. The van der Waals surface area contributed by atoms with Crippen LogP contribution in [0.4, 0.5) is 0 Å². The maximum absolute atomic E-state index is 13.5. The Balaban J connectivity index is 1.07. The third-order valence-electron chi connectivity index (χ3n) is 11.8. The largest absolute Gasteiger partial charge is 0.459 e. The number of hydrogen-bond acceptors (Lipinski definition) is 6. The molecule has 0 heterocycles. The Kier molecular flexibility index (Phi) is 5.26. The van der Waals surface area contributed by atoms with Crippen LogP contribution in [0.1, 0.15) is 116 Å². The first-order chi connectivity index (χ1) is 16.2. The molecule has 6 nitrogen and oxygen atoms in total. The van der Waals surface area contributed by atoms with Crippen LogP contribution >= 0.6 is 0 Å². The molecule has 0 aromatic heterocycles. The molecular weight excluding hydrogens is 432 g/mol. The van der Waals surface area contributed by atoms with Gasteiger partial charge in [0, 0.05) is 14.2 Å². The molecule has 0 unspecified atom stereocenters. The molecule has 34 heavy (non-hydrogen) atoms. The van der Waals surface area contributed by atoms with Gasteiger partial charge in [0.2, 0.25) is 0 Å². The fraction of sp³-hybridized carbons (Fsp3) is 0.929. The molecule has 0 spiro atoms. The van der Waals surface area contributed by atoms with Crippen molar-refractivity contribution in [2.75, 3.05) is 14.2 Å². The van der Waals surface area contributed by atoms with E-state index in [-0.39, 0.29) is 45.2 Å². The zero-order valence-electron chi connectivity index (χ0n) is 21.2. The number of carbonyl (C=O) groups excluding carboxylic acids is 2. The summed E-state index contributed by atoms with van der Waals surface area (Å²) in [5, 5.41) is 0. The highest BCUT2D eigenvalue weighted by molar-refractivity contribution is 5.79. The Labute approximate surface area is 203 Å². The van der Waals surface area contributed by atoms with E-state index < -0.39 is 0 Å². The van der Waals surface area contributed by atoms with Crippen LogP contribution in [0.15, 0.2) is 0 Å². The monoisotopic (exact) mass is 474 g/mol. The number of rotatable bonds is 6. The molecule has 6 bridgehead atoms. The van der Waals surface area contributed by atoms with E-state index >= 15 is 0 Å². The number of carbonyl (C=O) groups is 2. The van der Waals surface area contributed by atoms with E-state index in [0.29, 0.717) is 0 Å². The Morgan fingerprint density at radius 1 is 0.412 bits per heavy atom. The van der Waals surface area contributed by atoms with Crippen molar-refractivity contribution in [3.05, 3.63) is 0 Å². The lowest BCUT2D eigenvalue weighted by Gasteiger charge is -2.56. The van der Waals surface area contributed by atoms with Gasteiger partial charge in [0.1, 0.15) is 11.2 Å². The van der Waals surface area contributed by atoms with Crippen LogP contribution in [0.3, 0.4) is 0 Å². The zero-order valence-corrected chi connectivity index (χ0v) is 21.2. The van der Waals surface area contributed by atoms with Crippen LogP contribution in [0.25, 0.3) is 0 Å². The molecule has 0 atom stereocenters. The van der Waals surface area contributed by atoms with E-state index in [2.05, 4.69) is 0 Å². The highest BCUT2D eigenvalue weighted by atomic mass is 16.6. The highest BCUT2D eigenvalue weighted by Gasteiger charge is 2.60. The lowest BCUT2D eigenvalue weighted by atomic mass is 9.58. The van der Waals surface area contributed by atoms with Crippen LogP contribution in [-0.2, 0) is 28.5 Å². The quantitative estimate of drug-likeness (QED) is 0.480. The van der Waals surface area contributed by atoms with Gasteiger partial charge in [0.05, 0.1) is 22.0 Å². The average molecular weight is 475 g/mol. The number of fused-ring (bicyclic) bond motifs is 9. The van der Waals surface area contributed by atoms with Crippen LogP contribution in [-0.4, -0.2) is 48.6 Å². The molecule has 190 valence electrons. The molecule has 0 saturated heterocycles. The maximum atomic E-state index is 13.5. The molecule has 0 N–H and O–H groups in total. The highest BCUT2D eigenvalue weighted by Crippen LogP contribution is 2.58. The topological polar surface area (TPSA) is 71.1 Å². The zero-order chi connectivity index (χ0) is 23.7. The fourth-order valence-electron chi connectivity index (χ4n) is 8.56. The lowest BCUT2D eigenvalue weighted by molar-refractivity contribution is -0.223. The summed E-state index contributed by atoms with van der Waals surface area (Å²) >= 11 is 0. The van der Waals surface area contributed by atoms with Crippen molar-refractivity contribution in [3.8, 4) is 0 Å². The van der Waals surface area contributed by atoms with Crippen molar-refractivity contribution in [3.63, 3.8) is 0 Å². The molecule has 9 aliphatic rings. The van der Waals surface area contributed by atoms with Crippen molar-refractivity contribution in [1.82, 2.24) is 0 Å². The summed E-state index contributed by atoms with van der Waals surface area (Å²) in [7, 11) is 3.63. The second kappa shape index (κ2) is 7.68. The summed E-state index contributed by atoms with van der Waals surface area (Å²) in [6.07, 6.45) is 16.1. The Bertz CT molecular complexity index is 717. The molecule has 9 fully saturated rings. The minimum Gasteiger partial charge on any atom is -0.459 e. The molecule has 9 rings (SSSR count). The molecule has 0 radical (unpaired) electrons. The van der Waals surface area contributed by atoms with Crippen LogP contribution in [0, 0.1) is 10.8 Å². The standard InChI is InChI=1S/C28H42O6/c1-31-25-9-3-23(4-10-25,5-11-25)21(29)33-27-15-18-28(19-16-27,20-17-27)34-22(30)24-6-12-26(32-2,13-7-24)14-8-24/h3-20H2,1-2H3. The summed E-state index contributed by atoms with van der Waals surface area (Å²) in [5.74, 6) is 0.0708. The van der Waals surface area contributed by atoms with Gasteiger partial charge in [-0.2, -0.15) is 0 Å². The molecule has 0 aliphatic heterocycles. The van der Waals surface area contributed by atoms with Gasteiger partial charge in [-0.15, -0.1) is 0 Å². The van der Waals surface area contributed by atoms with E-state index in [0.717, 1.165) is 116 Å². The van der Waals surface area contributed by atoms with Gasteiger partial charge in [0.15, 0.2) is 0 Å². The second-order valence-electron chi connectivity index (χ2n) is 13.0. The van der Waals surface area contributed by atoms with Gasteiger partial charge in [-0.3, -0.25) is 9.59 Å². The second-order valence-corrected chi connectivity index (χ2v) is 13.0. The molecule has 0 aromatic carbocycles. The van der Waals surface area contributed by atoms with E-state index in [1.807, 2.05) is 14.2 Å². The molecule has 9 aliphatic carbocycles. The SMILES string of the molecule is COC12CCC(C(=O)OC34CCC(OC(=O)C56CCC(OC)(CC5)CC6)(CC3)CC4)(CC1)CC2. The summed E-state index contributed by atoms with van der Waals surface area (Å²) in [5.41, 5.74) is -1.29. The number of methoxy groups -OCH3 is 2. The van der Waals surface area contributed by atoms with Crippen LogP contribution < -0.4 is 0 Å². The number of hydrogen-bond donors (Lipinski definition) is 0. The maximum Gasteiger partial charge on any atom is 0.312 e. The van der Waals surface area contributed by atoms with Gasteiger partial charge in [-0.25, -0.2) is 0 Å². The molecular formula is C28H42O6. The van der Waals surface area contributed by atoms with E-state index in [1.54, 1.807) is 0 Å². The minimum atomic E-state index is -0.348. The summed E-state index contributed by atoms with van der Waals surface area (Å²) in [6.45, 7) is 0. The van der Waals surface area contributed by atoms with E-state index in [4.69, 9.17) is 18.9 Å². The Morgan fingerprint density at radius 3 is 0.882 bits per heavy atom. The molecule has 0 aromatic rings. The van der Waals surface area contributed by atoms with Crippen molar-refractivity contribution in [1.29, 1.82) is 0 Å². The van der Waals surface area contributed by atoms with E-state index in [1.165, 1.54) is 0 Å². The van der Waals surface area contributed by atoms with Crippen molar-refractivity contribution >= 4 is 11.9 Å². The van der Waals surface area contributed by atoms with Crippen molar-refractivity contribution < 1.29 is 28.5 Å². The summed E-state index contributed by atoms with van der Waals surface area (Å²) in [6, 6.07) is 0. The average Bonchev–Trinajstić information content (AvgIpc) is 2.92. The molecule has 0 amide bonds. The third kappa shape index (κ3) is 3.41. The number of ether oxygens (including phenoxy) is 4. The van der Waals surface area contributed by atoms with Gasteiger partial charge >= 0.3 is 11.9 Å². The Hall–Kier alpha value is -1.14. The van der Waals surface area contributed by atoms with Crippen molar-refractivity contribution in [2.45, 2.75) is 138 Å². The minimum absolute atomic E-state index is 0.000694. The van der Waals surface area contributed by atoms with Gasteiger partial charge in [-0.1, -0.05) is 0 Å². The predicted molar refractivity (Wildman–Crippen MR) is 125 cm³/mol. The third-order valence-corrected chi connectivity index (χ3v) is 11.8. The summed E-state index contributed by atoms with van der Waals surface area (Å²) in [4.78, 5) is 26.9. The van der Waals surface area contributed by atoms with Crippen LogP contribution in [0.2, 0.25) is 0 Å². The summed E-state index contributed by atoms with van der Waals surface area (Å²) < 4.78 is 24.4. The first kappa shape index (κ1) is 23.3. The number of esters is 2. The smallest absolute Gasteiger partial charge is 0.312 e. The first-order valence-electron chi connectivity index (χ1n) is 13.8. The van der Waals surface area contributed by atoms with Gasteiger partial charge < -0.3 is 18.9 Å². The molecule has 9 saturated carbocycles. The van der Waals surface area contributed by atoms with Gasteiger partial charge in [0.25, 0.3) is 0 Å².